The molecule has 0 spiro atoms. The summed E-state index contributed by atoms with van der Waals surface area (Å²) < 4.78 is 16.5. The molecule has 0 fully saturated rings. The van der Waals surface area contributed by atoms with Gasteiger partial charge in [0, 0.05) is 6.07 Å². The van der Waals surface area contributed by atoms with E-state index in [0.29, 0.717) is 28.8 Å². The van der Waals surface area contributed by atoms with E-state index in [2.05, 4.69) is 4.98 Å². The van der Waals surface area contributed by atoms with Gasteiger partial charge in [0.25, 0.3) is 5.69 Å². The number of hydrogen-bond donors (Lipinski definition) is 0. The Morgan fingerprint density at radius 3 is 2.83 bits per heavy atom. The summed E-state index contributed by atoms with van der Waals surface area (Å²) in [5, 5.41) is 12.8. The number of hydrogen-bond acceptors (Lipinski definition) is 7. The molecule has 0 unspecified atom stereocenters. The van der Waals surface area contributed by atoms with Crippen LogP contribution >= 0.6 is 11.3 Å². The van der Waals surface area contributed by atoms with Crippen molar-refractivity contribution in [3.63, 3.8) is 0 Å². The molecule has 3 aromatic rings. The second kappa shape index (κ2) is 6.71. The van der Waals surface area contributed by atoms with Gasteiger partial charge in [-0.3, -0.25) is 10.1 Å². The number of aromatic nitrogens is 1. The summed E-state index contributed by atoms with van der Waals surface area (Å²) in [4.78, 5) is 15.7. The van der Waals surface area contributed by atoms with Crippen molar-refractivity contribution in [3.05, 3.63) is 57.3 Å². The van der Waals surface area contributed by atoms with Crippen LogP contribution in [0.3, 0.4) is 0 Å². The zero-order chi connectivity index (χ0) is 17.1. The number of oxazole rings is 1. The number of nitro groups is 1. The highest BCUT2D eigenvalue weighted by Gasteiger charge is 2.16. The first kappa shape index (κ1) is 16.0. The first-order valence-corrected chi connectivity index (χ1v) is 7.92. The lowest BCUT2D eigenvalue weighted by atomic mass is 10.3. The Morgan fingerprint density at radius 1 is 1.33 bits per heavy atom. The predicted molar refractivity (Wildman–Crippen MR) is 88.5 cm³/mol. The van der Waals surface area contributed by atoms with Gasteiger partial charge in [-0.05, 0) is 24.4 Å². The third-order valence-corrected chi connectivity index (χ3v) is 4.20. The Hall–Kier alpha value is -2.87. The third-order valence-electron chi connectivity index (χ3n) is 3.35. The van der Waals surface area contributed by atoms with Crippen molar-refractivity contribution in [1.82, 2.24) is 4.98 Å². The smallest absolute Gasteiger partial charge is 0.273 e. The third kappa shape index (κ3) is 3.23. The SMILES string of the molecule is COc1cc([N+](=O)[O-])ccc1OCc1nc(-c2cccs2)oc1C. The molecule has 0 bridgehead atoms. The largest absolute Gasteiger partial charge is 0.493 e. The number of nitrogens with zero attached hydrogens (tertiary/aromatic N) is 2. The van der Waals surface area contributed by atoms with Crippen molar-refractivity contribution in [2.45, 2.75) is 13.5 Å². The molecule has 1 aromatic carbocycles. The topological polar surface area (TPSA) is 87.6 Å². The standard InChI is InChI=1S/C16H14N2O5S/c1-10-12(17-16(23-10)15-4-3-7-24-15)9-22-13-6-5-11(18(19)20)8-14(13)21-2/h3-8H,9H2,1-2H3. The van der Waals surface area contributed by atoms with Gasteiger partial charge in [-0.1, -0.05) is 6.07 Å². The van der Waals surface area contributed by atoms with Crippen molar-refractivity contribution in [3.8, 4) is 22.3 Å². The van der Waals surface area contributed by atoms with Crippen molar-refractivity contribution in [1.29, 1.82) is 0 Å². The highest BCUT2D eigenvalue weighted by Crippen LogP contribution is 2.32. The van der Waals surface area contributed by atoms with Gasteiger partial charge in [-0.2, -0.15) is 0 Å². The number of ether oxygens (including phenoxy) is 2. The Labute approximate surface area is 141 Å². The van der Waals surface area contributed by atoms with Gasteiger partial charge in [0.05, 0.1) is 23.0 Å². The summed E-state index contributed by atoms with van der Waals surface area (Å²) in [5.41, 5.74) is 0.607. The van der Waals surface area contributed by atoms with Crippen LogP contribution in [0.5, 0.6) is 11.5 Å². The lowest BCUT2D eigenvalue weighted by Gasteiger charge is -2.09. The normalized spacial score (nSPS) is 10.6. The summed E-state index contributed by atoms with van der Waals surface area (Å²) in [6.07, 6.45) is 0. The number of non-ortho nitro benzene ring substituents is 1. The maximum absolute atomic E-state index is 10.8. The number of nitro benzene ring substituents is 1. The van der Waals surface area contributed by atoms with E-state index in [4.69, 9.17) is 13.9 Å². The molecular weight excluding hydrogens is 332 g/mol. The average molecular weight is 346 g/mol. The molecule has 0 amide bonds. The molecular formula is C16H14N2O5S. The molecule has 2 heterocycles. The van der Waals surface area contributed by atoms with Gasteiger partial charge in [0.2, 0.25) is 5.89 Å². The molecule has 7 nitrogen and oxygen atoms in total. The Bertz CT molecular complexity index is 857. The number of methoxy groups -OCH3 is 1. The minimum atomic E-state index is -0.485. The fraction of sp³-hybridized carbons (Fsp3) is 0.188. The lowest BCUT2D eigenvalue weighted by molar-refractivity contribution is -0.385. The van der Waals surface area contributed by atoms with Crippen LogP contribution in [-0.2, 0) is 6.61 Å². The van der Waals surface area contributed by atoms with Crippen LogP contribution in [0, 0.1) is 17.0 Å². The Morgan fingerprint density at radius 2 is 2.17 bits per heavy atom. The molecule has 0 radical (unpaired) electrons. The highest BCUT2D eigenvalue weighted by atomic mass is 32.1. The van der Waals surface area contributed by atoms with Crippen LogP contribution in [0.2, 0.25) is 0 Å². The first-order chi connectivity index (χ1) is 11.6. The maximum Gasteiger partial charge on any atom is 0.273 e. The second-order valence-electron chi connectivity index (χ2n) is 4.88. The van der Waals surface area contributed by atoms with Crippen molar-refractivity contribution >= 4 is 17.0 Å². The zero-order valence-electron chi connectivity index (χ0n) is 13.0. The molecule has 0 saturated carbocycles. The molecule has 8 heteroatoms. The molecule has 0 saturated heterocycles. The van der Waals surface area contributed by atoms with Crippen LogP contribution in [-0.4, -0.2) is 17.0 Å². The van der Waals surface area contributed by atoms with Crippen molar-refractivity contribution in [2.75, 3.05) is 7.11 Å². The van der Waals surface area contributed by atoms with Gasteiger partial charge >= 0.3 is 0 Å². The van der Waals surface area contributed by atoms with Crippen LogP contribution in [0.4, 0.5) is 5.69 Å². The zero-order valence-corrected chi connectivity index (χ0v) is 13.8. The summed E-state index contributed by atoms with van der Waals surface area (Å²) in [5.74, 6) is 1.92. The van der Waals surface area contributed by atoms with Gasteiger partial charge in [0.1, 0.15) is 18.1 Å². The Balaban J connectivity index is 1.77. The van der Waals surface area contributed by atoms with E-state index < -0.39 is 4.92 Å². The predicted octanol–water partition coefficient (Wildman–Crippen LogP) is 4.21. The summed E-state index contributed by atoms with van der Waals surface area (Å²) in [6.45, 7) is 1.99. The molecule has 24 heavy (non-hydrogen) atoms. The summed E-state index contributed by atoms with van der Waals surface area (Å²) in [7, 11) is 1.43. The monoisotopic (exact) mass is 346 g/mol. The van der Waals surface area contributed by atoms with E-state index in [1.54, 1.807) is 11.3 Å². The van der Waals surface area contributed by atoms with Crippen molar-refractivity contribution < 1.29 is 18.8 Å². The number of thiophene rings is 1. The number of rotatable bonds is 6. The lowest BCUT2D eigenvalue weighted by Crippen LogP contribution is -2.00. The first-order valence-electron chi connectivity index (χ1n) is 7.04. The van der Waals surface area contributed by atoms with E-state index in [0.717, 1.165) is 4.88 Å². The number of benzene rings is 1. The van der Waals surface area contributed by atoms with Gasteiger partial charge < -0.3 is 13.9 Å². The van der Waals surface area contributed by atoms with E-state index in [-0.39, 0.29) is 12.3 Å². The van der Waals surface area contributed by atoms with Crippen LogP contribution in [0.1, 0.15) is 11.5 Å². The van der Waals surface area contributed by atoms with Crippen molar-refractivity contribution in [2.24, 2.45) is 0 Å². The summed E-state index contributed by atoms with van der Waals surface area (Å²) in [6, 6.07) is 8.05. The van der Waals surface area contributed by atoms with E-state index in [9.17, 15) is 10.1 Å². The molecule has 0 N–H and O–H groups in total. The fourth-order valence-corrected chi connectivity index (χ4v) is 2.75. The van der Waals surface area contributed by atoms with Crippen LogP contribution in [0.25, 0.3) is 10.8 Å². The van der Waals surface area contributed by atoms with E-state index in [1.165, 1.54) is 25.3 Å². The van der Waals surface area contributed by atoms with E-state index >= 15 is 0 Å². The van der Waals surface area contributed by atoms with Gasteiger partial charge in [-0.15, -0.1) is 11.3 Å². The highest BCUT2D eigenvalue weighted by molar-refractivity contribution is 7.13. The minimum absolute atomic E-state index is 0.0585. The fourth-order valence-electron chi connectivity index (χ4n) is 2.10. The average Bonchev–Trinajstić information content (AvgIpc) is 3.22. The van der Waals surface area contributed by atoms with Crippen LogP contribution in [0.15, 0.2) is 40.1 Å². The van der Waals surface area contributed by atoms with Gasteiger partial charge in [-0.25, -0.2) is 4.98 Å². The second-order valence-corrected chi connectivity index (χ2v) is 5.83. The van der Waals surface area contributed by atoms with E-state index in [1.807, 2.05) is 24.4 Å². The molecule has 0 aliphatic carbocycles. The molecule has 2 aromatic heterocycles. The maximum atomic E-state index is 10.8. The molecule has 0 aliphatic heterocycles. The summed E-state index contributed by atoms with van der Waals surface area (Å²) >= 11 is 1.54. The molecule has 124 valence electrons. The quantitative estimate of drug-likeness (QED) is 0.491. The Kier molecular flexibility index (Phi) is 4.48. The minimum Gasteiger partial charge on any atom is -0.493 e. The molecule has 0 atom stereocenters. The molecule has 0 aliphatic rings. The molecule has 3 rings (SSSR count). The number of aryl methyl sites for hydroxylation is 1. The van der Waals surface area contributed by atoms with Gasteiger partial charge in [0.15, 0.2) is 11.5 Å². The van der Waals surface area contributed by atoms with Crippen LogP contribution < -0.4 is 9.47 Å².